The summed E-state index contributed by atoms with van der Waals surface area (Å²) in [5.74, 6) is 1.34. The van der Waals surface area contributed by atoms with Crippen molar-refractivity contribution in [3.8, 4) is 11.3 Å². The number of likely N-dealkylation sites (tertiary alicyclic amines) is 1. The zero-order valence-corrected chi connectivity index (χ0v) is 15.6. The average Bonchev–Trinajstić information content (AvgIpc) is 3.02. The standard InChI is InChI=1S/C19H25N3O2.ClH/c1-14-17(18(21-24-14)16-6-4-3-5-7-16)19(23)22-12-9-15(10-13-22)8-11-20-2;/h3-7,15,20H,8-13H2,1-2H3;1H. The third-order valence-electron chi connectivity index (χ3n) is 4.83. The molecule has 0 spiro atoms. The average molecular weight is 364 g/mol. The van der Waals surface area contributed by atoms with E-state index in [1.807, 2.05) is 49.2 Å². The molecule has 25 heavy (non-hydrogen) atoms. The van der Waals surface area contributed by atoms with Crippen molar-refractivity contribution in [3.63, 3.8) is 0 Å². The molecule has 0 unspecified atom stereocenters. The lowest BCUT2D eigenvalue weighted by Gasteiger charge is -2.32. The van der Waals surface area contributed by atoms with E-state index in [0.717, 1.165) is 38.0 Å². The smallest absolute Gasteiger partial charge is 0.259 e. The molecule has 1 N–H and O–H groups in total. The maximum absolute atomic E-state index is 13.0. The third-order valence-corrected chi connectivity index (χ3v) is 4.83. The van der Waals surface area contributed by atoms with Crippen LogP contribution in [0.5, 0.6) is 0 Å². The topological polar surface area (TPSA) is 58.4 Å². The summed E-state index contributed by atoms with van der Waals surface area (Å²) in [6.07, 6.45) is 3.32. The molecular weight excluding hydrogens is 338 g/mol. The van der Waals surface area contributed by atoms with E-state index in [1.165, 1.54) is 6.42 Å². The lowest BCUT2D eigenvalue weighted by molar-refractivity contribution is 0.0686. The number of hydrogen-bond acceptors (Lipinski definition) is 4. The van der Waals surface area contributed by atoms with Gasteiger partial charge in [-0.2, -0.15) is 0 Å². The Morgan fingerprint density at radius 1 is 1.28 bits per heavy atom. The molecule has 0 saturated carbocycles. The van der Waals surface area contributed by atoms with Gasteiger partial charge in [0.05, 0.1) is 0 Å². The Morgan fingerprint density at radius 2 is 1.96 bits per heavy atom. The highest BCUT2D eigenvalue weighted by atomic mass is 35.5. The SMILES string of the molecule is CNCCC1CCN(C(=O)c2c(-c3ccccc3)noc2C)CC1.Cl. The van der Waals surface area contributed by atoms with Crippen LogP contribution in [0.3, 0.4) is 0 Å². The van der Waals surface area contributed by atoms with E-state index in [-0.39, 0.29) is 18.3 Å². The molecule has 0 aliphatic carbocycles. The molecule has 0 atom stereocenters. The van der Waals surface area contributed by atoms with Crippen LogP contribution in [0, 0.1) is 12.8 Å². The summed E-state index contributed by atoms with van der Waals surface area (Å²) in [5, 5.41) is 7.33. The predicted molar refractivity (Wildman–Crippen MR) is 101 cm³/mol. The zero-order chi connectivity index (χ0) is 16.9. The van der Waals surface area contributed by atoms with Crippen LogP contribution in [0.15, 0.2) is 34.9 Å². The second-order valence-electron chi connectivity index (χ2n) is 6.46. The molecule has 2 aromatic rings. The maximum Gasteiger partial charge on any atom is 0.259 e. The van der Waals surface area contributed by atoms with Crippen LogP contribution in [0.2, 0.25) is 0 Å². The predicted octanol–water partition coefficient (Wildman–Crippen LogP) is 3.53. The number of aryl methyl sites for hydroxylation is 1. The Hall–Kier alpha value is -1.85. The van der Waals surface area contributed by atoms with E-state index in [9.17, 15) is 4.79 Å². The molecule has 3 rings (SSSR count). The molecule has 2 heterocycles. The van der Waals surface area contributed by atoms with Crippen molar-refractivity contribution in [2.24, 2.45) is 5.92 Å². The van der Waals surface area contributed by atoms with E-state index in [1.54, 1.807) is 0 Å². The summed E-state index contributed by atoms with van der Waals surface area (Å²) in [5.41, 5.74) is 2.17. The molecule has 1 fully saturated rings. The summed E-state index contributed by atoms with van der Waals surface area (Å²) in [7, 11) is 1.98. The second kappa shape index (κ2) is 9.02. The number of amides is 1. The van der Waals surface area contributed by atoms with Gasteiger partial charge < -0.3 is 14.7 Å². The number of carbonyl (C=O) groups excluding carboxylic acids is 1. The highest BCUT2D eigenvalue weighted by Gasteiger charge is 2.29. The van der Waals surface area contributed by atoms with Crippen LogP contribution in [-0.2, 0) is 0 Å². The summed E-state index contributed by atoms with van der Waals surface area (Å²) in [4.78, 5) is 15.0. The van der Waals surface area contributed by atoms with Crippen molar-refractivity contribution in [1.29, 1.82) is 0 Å². The van der Waals surface area contributed by atoms with Gasteiger partial charge in [0.25, 0.3) is 5.91 Å². The number of benzene rings is 1. The van der Waals surface area contributed by atoms with E-state index < -0.39 is 0 Å². The van der Waals surface area contributed by atoms with Gasteiger partial charge in [-0.1, -0.05) is 35.5 Å². The first-order chi connectivity index (χ1) is 11.7. The first-order valence-corrected chi connectivity index (χ1v) is 8.66. The number of piperidine rings is 1. The number of carbonyl (C=O) groups is 1. The van der Waals surface area contributed by atoms with Crippen LogP contribution in [0.4, 0.5) is 0 Å². The molecule has 1 aliphatic heterocycles. The maximum atomic E-state index is 13.0. The van der Waals surface area contributed by atoms with Gasteiger partial charge in [0.1, 0.15) is 17.0 Å². The van der Waals surface area contributed by atoms with Crippen molar-refractivity contribution < 1.29 is 9.32 Å². The lowest BCUT2D eigenvalue weighted by Crippen LogP contribution is -2.39. The fraction of sp³-hybridized carbons (Fsp3) is 0.474. The lowest BCUT2D eigenvalue weighted by atomic mass is 9.93. The fourth-order valence-electron chi connectivity index (χ4n) is 3.35. The largest absolute Gasteiger partial charge is 0.360 e. The summed E-state index contributed by atoms with van der Waals surface area (Å²) in [6, 6.07) is 9.76. The Balaban J connectivity index is 0.00000225. The molecule has 1 amide bonds. The van der Waals surface area contributed by atoms with Crippen molar-refractivity contribution in [3.05, 3.63) is 41.7 Å². The quantitative estimate of drug-likeness (QED) is 0.882. The van der Waals surface area contributed by atoms with Crippen molar-refractivity contribution >= 4 is 18.3 Å². The highest BCUT2D eigenvalue weighted by Crippen LogP contribution is 2.28. The highest BCUT2D eigenvalue weighted by molar-refractivity contribution is 6.00. The van der Waals surface area contributed by atoms with Gasteiger partial charge in [0.15, 0.2) is 0 Å². The van der Waals surface area contributed by atoms with E-state index in [0.29, 0.717) is 22.9 Å². The van der Waals surface area contributed by atoms with Gasteiger partial charge in [-0.05, 0) is 45.7 Å². The molecule has 1 saturated heterocycles. The van der Waals surface area contributed by atoms with Crippen LogP contribution in [0.25, 0.3) is 11.3 Å². The van der Waals surface area contributed by atoms with Crippen molar-refractivity contribution in [1.82, 2.24) is 15.4 Å². The van der Waals surface area contributed by atoms with Crippen molar-refractivity contribution in [2.45, 2.75) is 26.2 Å². The van der Waals surface area contributed by atoms with Gasteiger partial charge in [-0.15, -0.1) is 12.4 Å². The van der Waals surface area contributed by atoms with Gasteiger partial charge >= 0.3 is 0 Å². The van der Waals surface area contributed by atoms with Crippen LogP contribution >= 0.6 is 12.4 Å². The number of nitrogens with one attached hydrogen (secondary N) is 1. The molecule has 0 radical (unpaired) electrons. The number of rotatable bonds is 5. The summed E-state index contributed by atoms with van der Waals surface area (Å²) in [6.45, 7) is 4.48. The van der Waals surface area contributed by atoms with E-state index in [4.69, 9.17) is 4.52 Å². The molecule has 1 aliphatic rings. The van der Waals surface area contributed by atoms with Crippen LogP contribution in [-0.4, -0.2) is 42.6 Å². The second-order valence-corrected chi connectivity index (χ2v) is 6.46. The van der Waals surface area contributed by atoms with Gasteiger partial charge in [-0.3, -0.25) is 4.79 Å². The molecule has 5 nitrogen and oxygen atoms in total. The minimum absolute atomic E-state index is 0. The van der Waals surface area contributed by atoms with E-state index >= 15 is 0 Å². The minimum atomic E-state index is 0. The third kappa shape index (κ3) is 4.41. The molecule has 0 bridgehead atoms. The molecule has 6 heteroatoms. The van der Waals surface area contributed by atoms with Gasteiger partial charge in [0, 0.05) is 18.7 Å². The normalized spacial score (nSPS) is 15.0. The Kier molecular flexibility index (Phi) is 7.02. The van der Waals surface area contributed by atoms with Gasteiger partial charge in [-0.25, -0.2) is 0 Å². The number of hydrogen-bond donors (Lipinski definition) is 1. The Morgan fingerprint density at radius 3 is 2.60 bits per heavy atom. The monoisotopic (exact) mass is 363 g/mol. The van der Waals surface area contributed by atoms with Gasteiger partial charge in [0.2, 0.25) is 0 Å². The number of halogens is 1. The summed E-state index contributed by atoms with van der Waals surface area (Å²) < 4.78 is 5.33. The number of nitrogens with zero attached hydrogens (tertiary/aromatic N) is 2. The molecular formula is C19H26ClN3O2. The summed E-state index contributed by atoms with van der Waals surface area (Å²) >= 11 is 0. The first-order valence-electron chi connectivity index (χ1n) is 8.66. The fourth-order valence-corrected chi connectivity index (χ4v) is 3.35. The first kappa shape index (κ1) is 19.5. The molecule has 1 aromatic heterocycles. The van der Waals surface area contributed by atoms with Crippen molar-refractivity contribution in [2.75, 3.05) is 26.7 Å². The van der Waals surface area contributed by atoms with Crippen LogP contribution < -0.4 is 5.32 Å². The molecule has 136 valence electrons. The van der Waals surface area contributed by atoms with E-state index in [2.05, 4.69) is 10.5 Å². The minimum Gasteiger partial charge on any atom is -0.360 e. The Bertz CT molecular complexity index is 679. The van der Waals surface area contributed by atoms with Crippen LogP contribution in [0.1, 0.15) is 35.4 Å². The zero-order valence-electron chi connectivity index (χ0n) is 14.8. The Labute approximate surface area is 155 Å². The number of aromatic nitrogens is 1. The molecule has 1 aromatic carbocycles.